The first kappa shape index (κ1) is 16.3. The summed E-state index contributed by atoms with van der Waals surface area (Å²) >= 11 is 1.42. The number of nitrogens with zero attached hydrogens (tertiary/aromatic N) is 2. The van der Waals surface area contributed by atoms with Crippen molar-refractivity contribution in [1.29, 1.82) is 0 Å². The van der Waals surface area contributed by atoms with Crippen molar-refractivity contribution in [2.24, 2.45) is 0 Å². The molecule has 4 rings (SSSR count). The lowest BCUT2D eigenvalue weighted by Gasteiger charge is -2.29. The number of aromatic nitrogens is 2. The summed E-state index contributed by atoms with van der Waals surface area (Å²) in [4.78, 5) is 31.5. The van der Waals surface area contributed by atoms with Crippen LogP contribution in [0.25, 0.3) is 21.3 Å². The van der Waals surface area contributed by atoms with E-state index in [4.69, 9.17) is 0 Å². The smallest absolute Gasteiger partial charge is 0.306 e. The monoisotopic (exact) mass is 355 g/mol. The second kappa shape index (κ2) is 6.28. The lowest BCUT2D eigenvalue weighted by Crippen LogP contribution is -2.42. The van der Waals surface area contributed by atoms with Gasteiger partial charge in [-0.05, 0) is 45.5 Å². The van der Waals surface area contributed by atoms with Crippen LogP contribution >= 0.6 is 11.3 Å². The van der Waals surface area contributed by atoms with Crippen LogP contribution in [0.1, 0.15) is 24.4 Å². The Balaban J connectivity index is 1.88. The SMILES string of the molecule is Cc1ccc(-c2csc3[nH]c(=O)n(C4CCN(C)CC4)c(=O)c23)cc1. The van der Waals surface area contributed by atoms with Crippen LogP contribution in [0.15, 0.2) is 39.2 Å². The van der Waals surface area contributed by atoms with Crippen molar-refractivity contribution in [2.75, 3.05) is 20.1 Å². The topological polar surface area (TPSA) is 58.1 Å². The molecule has 0 spiro atoms. The van der Waals surface area contributed by atoms with Crippen LogP contribution in [-0.4, -0.2) is 34.6 Å². The molecule has 2 aromatic heterocycles. The number of H-pyrrole nitrogens is 1. The highest BCUT2D eigenvalue weighted by Gasteiger charge is 2.23. The molecule has 1 saturated heterocycles. The van der Waals surface area contributed by atoms with Gasteiger partial charge in [-0.1, -0.05) is 29.8 Å². The lowest BCUT2D eigenvalue weighted by molar-refractivity contribution is 0.216. The summed E-state index contributed by atoms with van der Waals surface area (Å²) in [5, 5.41) is 2.60. The van der Waals surface area contributed by atoms with Gasteiger partial charge in [-0.3, -0.25) is 14.3 Å². The number of benzene rings is 1. The third kappa shape index (κ3) is 2.85. The van der Waals surface area contributed by atoms with E-state index >= 15 is 0 Å². The molecule has 1 aliphatic rings. The molecule has 0 amide bonds. The fraction of sp³-hybridized carbons (Fsp3) is 0.368. The second-order valence-corrected chi connectivity index (χ2v) is 7.74. The number of piperidine rings is 1. The van der Waals surface area contributed by atoms with Crippen LogP contribution in [0.2, 0.25) is 0 Å². The highest BCUT2D eigenvalue weighted by atomic mass is 32.1. The Bertz CT molecular complexity index is 1020. The molecule has 0 radical (unpaired) electrons. The summed E-state index contributed by atoms with van der Waals surface area (Å²) in [5.74, 6) is 0. The van der Waals surface area contributed by atoms with E-state index in [1.807, 2.05) is 36.6 Å². The first-order chi connectivity index (χ1) is 12.0. The van der Waals surface area contributed by atoms with E-state index in [1.54, 1.807) is 0 Å². The van der Waals surface area contributed by atoms with Crippen molar-refractivity contribution in [2.45, 2.75) is 25.8 Å². The molecule has 6 heteroatoms. The van der Waals surface area contributed by atoms with Crippen molar-refractivity contribution in [1.82, 2.24) is 14.5 Å². The number of likely N-dealkylation sites (tertiary alicyclic amines) is 1. The molecular weight excluding hydrogens is 334 g/mol. The zero-order chi connectivity index (χ0) is 17.6. The Morgan fingerprint density at radius 2 is 1.80 bits per heavy atom. The molecule has 0 aliphatic carbocycles. The molecule has 25 heavy (non-hydrogen) atoms. The van der Waals surface area contributed by atoms with E-state index in [2.05, 4.69) is 16.9 Å². The summed E-state index contributed by atoms with van der Waals surface area (Å²) in [5.41, 5.74) is 2.65. The number of fused-ring (bicyclic) bond motifs is 1. The molecule has 130 valence electrons. The third-order valence-electron chi connectivity index (χ3n) is 5.08. The zero-order valence-electron chi connectivity index (χ0n) is 14.4. The molecule has 0 bridgehead atoms. The predicted octanol–water partition coefficient (Wildman–Crippen LogP) is 2.99. The van der Waals surface area contributed by atoms with Gasteiger partial charge < -0.3 is 4.90 Å². The Hall–Kier alpha value is -2.18. The van der Waals surface area contributed by atoms with Crippen LogP contribution in [0.5, 0.6) is 0 Å². The summed E-state index contributed by atoms with van der Waals surface area (Å²) in [6.07, 6.45) is 1.66. The maximum absolute atomic E-state index is 13.2. The van der Waals surface area contributed by atoms with E-state index in [0.29, 0.717) is 10.2 Å². The zero-order valence-corrected chi connectivity index (χ0v) is 15.2. The van der Waals surface area contributed by atoms with Crippen molar-refractivity contribution in [3.8, 4) is 11.1 Å². The van der Waals surface area contributed by atoms with E-state index in [9.17, 15) is 9.59 Å². The molecule has 1 N–H and O–H groups in total. The number of aromatic amines is 1. The minimum Gasteiger partial charge on any atom is -0.306 e. The van der Waals surface area contributed by atoms with Gasteiger partial charge in [0.05, 0.1) is 5.39 Å². The van der Waals surface area contributed by atoms with Crippen LogP contribution in [-0.2, 0) is 0 Å². The molecular formula is C19H21N3O2S. The van der Waals surface area contributed by atoms with Crippen LogP contribution in [0.4, 0.5) is 0 Å². The molecule has 5 nitrogen and oxygen atoms in total. The van der Waals surface area contributed by atoms with Crippen molar-refractivity contribution in [3.63, 3.8) is 0 Å². The van der Waals surface area contributed by atoms with Gasteiger partial charge in [0, 0.05) is 17.0 Å². The molecule has 0 unspecified atom stereocenters. The van der Waals surface area contributed by atoms with Crippen LogP contribution in [0.3, 0.4) is 0 Å². The van der Waals surface area contributed by atoms with Gasteiger partial charge in [0.1, 0.15) is 4.83 Å². The van der Waals surface area contributed by atoms with E-state index < -0.39 is 0 Å². The lowest BCUT2D eigenvalue weighted by atomic mass is 10.0. The summed E-state index contributed by atoms with van der Waals surface area (Å²) in [7, 11) is 2.07. The normalized spacial score (nSPS) is 16.6. The van der Waals surface area contributed by atoms with E-state index in [0.717, 1.165) is 37.1 Å². The summed E-state index contributed by atoms with van der Waals surface area (Å²) in [6.45, 7) is 3.85. The minimum atomic E-state index is -0.288. The Morgan fingerprint density at radius 1 is 1.12 bits per heavy atom. The van der Waals surface area contributed by atoms with Gasteiger partial charge >= 0.3 is 5.69 Å². The van der Waals surface area contributed by atoms with Gasteiger partial charge in [-0.25, -0.2) is 4.79 Å². The van der Waals surface area contributed by atoms with E-state index in [1.165, 1.54) is 21.5 Å². The number of hydrogen-bond donors (Lipinski definition) is 1. The van der Waals surface area contributed by atoms with Gasteiger partial charge in [-0.15, -0.1) is 11.3 Å². The minimum absolute atomic E-state index is 0.0254. The number of nitrogens with one attached hydrogen (secondary N) is 1. The fourth-order valence-electron chi connectivity index (χ4n) is 3.56. The number of thiophene rings is 1. The fourth-order valence-corrected chi connectivity index (χ4v) is 4.51. The standard InChI is InChI=1S/C19H21N3O2S/c1-12-3-5-13(6-4-12)15-11-25-17-16(15)18(23)22(19(24)20-17)14-7-9-21(2)10-8-14/h3-6,11,14H,7-10H2,1-2H3,(H,20,24). The van der Waals surface area contributed by atoms with Crippen molar-refractivity contribution in [3.05, 3.63) is 56.0 Å². The molecule has 0 atom stereocenters. The summed E-state index contributed by atoms with van der Waals surface area (Å²) < 4.78 is 1.44. The average molecular weight is 355 g/mol. The van der Waals surface area contributed by atoms with E-state index in [-0.39, 0.29) is 17.3 Å². The largest absolute Gasteiger partial charge is 0.329 e. The number of rotatable bonds is 2. The maximum Gasteiger partial charge on any atom is 0.329 e. The Morgan fingerprint density at radius 3 is 2.48 bits per heavy atom. The molecule has 3 aromatic rings. The number of hydrogen-bond acceptors (Lipinski definition) is 4. The van der Waals surface area contributed by atoms with Gasteiger partial charge in [0.15, 0.2) is 0 Å². The molecule has 1 fully saturated rings. The first-order valence-corrected chi connectivity index (χ1v) is 9.44. The van der Waals surface area contributed by atoms with Crippen molar-refractivity contribution >= 4 is 21.6 Å². The van der Waals surface area contributed by atoms with Gasteiger partial charge in [0.2, 0.25) is 0 Å². The van der Waals surface area contributed by atoms with Crippen molar-refractivity contribution < 1.29 is 0 Å². The Kier molecular flexibility index (Phi) is 4.09. The van der Waals surface area contributed by atoms with Gasteiger partial charge in [-0.2, -0.15) is 0 Å². The second-order valence-electron chi connectivity index (χ2n) is 6.86. The predicted molar refractivity (Wildman–Crippen MR) is 103 cm³/mol. The molecule has 3 heterocycles. The van der Waals surface area contributed by atoms with Gasteiger partial charge in [0.25, 0.3) is 5.56 Å². The van der Waals surface area contributed by atoms with Crippen LogP contribution in [0, 0.1) is 6.92 Å². The quantitative estimate of drug-likeness (QED) is 0.769. The molecule has 1 aromatic carbocycles. The van der Waals surface area contributed by atoms with Crippen LogP contribution < -0.4 is 11.2 Å². The third-order valence-corrected chi connectivity index (χ3v) is 5.97. The maximum atomic E-state index is 13.2. The number of aryl methyl sites for hydroxylation is 1. The highest BCUT2D eigenvalue weighted by Crippen LogP contribution is 2.31. The molecule has 1 aliphatic heterocycles. The molecule has 0 saturated carbocycles. The highest BCUT2D eigenvalue weighted by molar-refractivity contribution is 7.17. The Labute approximate surface area is 149 Å². The first-order valence-electron chi connectivity index (χ1n) is 8.56. The summed E-state index contributed by atoms with van der Waals surface area (Å²) in [6, 6.07) is 8.12. The average Bonchev–Trinajstić information content (AvgIpc) is 3.01.